The first-order valence-electron chi connectivity index (χ1n) is 10.9. The maximum atomic E-state index is 11.7. The Morgan fingerprint density at radius 1 is 1.12 bits per heavy atom. The van der Waals surface area contributed by atoms with Gasteiger partial charge in [-0.25, -0.2) is 19.6 Å². The predicted octanol–water partition coefficient (Wildman–Crippen LogP) is 2.55. The van der Waals surface area contributed by atoms with Crippen molar-refractivity contribution in [2.75, 3.05) is 49.6 Å². The molecule has 1 aromatic carbocycles. The number of ether oxygens (including phenoxy) is 1. The number of carbonyl (C=O) groups is 2. The molecule has 0 radical (unpaired) electrons. The molecule has 2 aromatic rings. The number of benzene rings is 1. The van der Waals surface area contributed by atoms with Crippen molar-refractivity contribution < 1.29 is 19.4 Å². The van der Waals surface area contributed by atoms with Gasteiger partial charge >= 0.3 is 12.1 Å². The molecule has 3 N–H and O–H groups in total. The van der Waals surface area contributed by atoms with Crippen LogP contribution in [0.4, 0.5) is 21.1 Å². The second kappa shape index (κ2) is 9.82. The number of hydrogen-bond donors (Lipinski definition) is 3. The van der Waals surface area contributed by atoms with Crippen LogP contribution >= 0.6 is 0 Å². The first kappa shape index (κ1) is 21.8. The van der Waals surface area contributed by atoms with Crippen LogP contribution in [-0.4, -0.2) is 71.5 Å². The second-order valence-corrected chi connectivity index (χ2v) is 7.76. The van der Waals surface area contributed by atoms with Gasteiger partial charge in [0.1, 0.15) is 5.82 Å². The molecular formula is C22H28N6O4. The number of anilines is 2. The fourth-order valence-corrected chi connectivity index (χ4v) is 3.96. The predicted molar refractivity (Wildman–Crippen MR) is 120 cm³/mol. The van der Waals surface area contributed by atoms with Gasteiger partial charge < -0.3 is 30.3 Å². The summed E-state index contributed by atoms with van der Waals surface area (Å²) in [6.45, 7) is 6.01. The molecular weight excluding hydrogens is 412 g/mol. The molecule has 1 aromatic heterocycles. The summed E-state index contributed by atoms with van der Waals surface area (Å²) in [5.74, 6) is 1.41. The molecule has 2 aliphatic rings. The SMILES string of the molecule is CCNC(=O)Nc1ccc(-c2nc3c(c(N4CCCOCC4)n2)CCN(C(=O)O)C3)cc1. The largest absolute Gasteiger partial charge is 0.465 e. The number of nitrogens with one attached hydrogen (secondary N) is 2. The molecule has 0 bridgehead atoms. The van der Waals surface area contributed by atoms with Crippen LogP contribution in [0.5, 0.6) is 0 Å². The molecule has 1 saturated heterocycles. The van der Waals surface area contributed by atoms with Crippen LogP contribution in [0.15, 0.2) is 24.3 Å². The third-order valence-electron chi connectivity index (χ3n) is 5.57. The molecule has 1 fully saturated rings. The van der Waals surface area contributed by atoms with Crippen molar-refractivity contribution in [3.63, 3.8) is 0 Å². The normalized spacial score (nSPS) is 16.2. The van der Waals surface area contributed by atoms with Gasteiger partial charge in [0.25, 0.3) is 0 Å². The lowest BCUT2D eigenvalue weighted by Gasteiger charge is -2.31. The van der Waals surface area contributed by atoms with Crippen LogP contribution in [-0.2, 0) is 17.7 Å². The van der Waals surface area contributed by atoms with E-state index in [-0.39, 0.29) is 12.6 Å². The molecule has 0 spiro atoms. The fourth-order valence-electron chi connectivity index (χ4n) is 3.96. The Morgan fingerprint density at radius 2 is 1.94 bits per heavy atom. The smallest absolute Gasteiger partial charge is 0.407 e. The minimum Gasteiger partial charge on any atom is -0.465 e. The second-order valence-electron chi connectivity index (χ2n) is 7.76. The summed E-state index contributed by atoms with van der Waals surface area (Å²) in [5, 5.41) is 14.9. The zero-order valence-electron chi connectivity index (χ0n) is 18.1. The first-order chi connectivity index (χ1) is 15.5. The van der Waals surface area contributed by atoms with E-state index < -0.39 is 6.09 Å². The highest BCUT2D eigenvalue weighted by molar-refractivity contribution is 5.89. The highest BCUT2D eigenvalue weighted by atomic mass is 16.5. The fraction of sp³-hybridized carbons (Fsp3) is 0.455. The number of amides is 3. The van der Waals surface area contributed by atoms with Gasteiger partial charge in [0.2, 0.25) is 0 Å². The third-order valence-corrected chi connectivity index (χ3v) is 5.57. The zero-order valence-corrected chi connectivity index (χ0v) is 18.1. The average molecular weight is 441 g/mol. The zero-order chi connectivity index (χ0) is 22.5. The number of urea groups is 1. The van der Waals surface area contributed by atoms with E-state index in [0.29, 0.717) is 37.6 Å². The van der Waals surface area contributed by atoms with E-state index in [4.69, 9.17) is 14.7 Å². The van der Waals surface area contributed by atoms with E-state index in [0.717, 1.165) is 48.8 Å². The average Bonchev–Trinajstić information content (AvgIpc) is 3.08. The van der Waals surface area contributed by atoms with E-state index in [1.54, 1.807) is 12.1 Å². The molecule has 170 valence electrons. The van der Waals surface area contributed by atoms with Crippen molar-refractivity contribution >= 4 is 23.6 Å². The molecule has 10 nitrogen and oxygen atoms in total. The van der Waals surface area contributed by atoms with Crippen LogP contribution < -0.4 is 15.5 Å². The minimum absolute atomic E-state index is 0.244. The summed E-state index contributed by atoms with van der Waals surface area (Å²) in [7, 11) is 0. The minimum atomic E-state index is -0.943. The van der Waals surface area contributed by atoms with E-state index in [1.165, 1.54) is 4.90 Å². The standard InChI is InChI=1S/C22H28N6O4/c1-2-23-21(29)24-16-6-4-15(5-7-16)19-25-18-14-28(22(30)31)10-8-17(18)20(26-19)27-9-3-12-32-13-11-27/h4-7H,2-3,8-14H2,1H3,(H,30,31)(H2,23,24,29). The number of carboxylic acid groups (broad SMARTS) is 1. The summed E-state index contributed by atoms with van der Waals surface area (Å²) in [5.41, 5.74) is 3.23. The molecule has 32 heavy (non-hydrogen) atoms. The highest BCUT2D eigenvalue weighted by Crippen LogP contribution is 2.30. The Bertz CT molecular complexity index is 973. The molecule has 3 amide bonds. The molecule has 0 aliphatic carbocycles. The first-order valence-corrected chi connectivity index (χ1v) is 10.9. The Kier molecular flexibility index (Phi) is 6.69. The van der Waals surface area contributed by atoms with E-state index >= 15 is 0 Å². The number of aromatic nitrogens is 2. The van der Waals surface area contributed by atoms with Crippen LogP contribution in [0.1, 0.15) is 24.6 Å². The van der Waals surface area contributed by atoms with Gasteiger partial charge in [-0.3, -0.25) is 0 Å². The van der Waals surface area contributed by atoms with Crippen molar-refractivity contribution in [1.82, 2.24) is 20.2 Å². The third kappa shape index (κ3) is 4.91. The maximum Gasteiger partial charge on any atom is 0.407 e. The quantitative estimate of drug-likeness (QED) is 0.668. The molecule has 0 saturated carbocycles. The van der Waals surface area contributed by atoms with Crippen molar-refractivity contribution in [3.8, 4) is 11.4 Å². The van der Waals surface area contributed by atoms with Crippen LogP contribution in [0.25, 0.3) is 11.4 Å². The summed E-state index contributed by atoms with van der Waals surface area (Å²) in [6.07, 6.45) is 0.556. The lowest BCUT2D eigenvalue weighted by atomic mass is 10.0. The summed E-state index contributed by atoms with van der Waals surface area (Å²) in [6, 6.07) is 7.06. The van der Waals surface area contributed by atoms with Crippen molar-refractivity contribution in [1.29, 1.82) is 0 Å². The highest BCUT2D eigenvalue weighted by Gasteiger charge is 2.27. The maximum absolute atomic E-state index is 11.7. The lowest BCUT2D eigenvalue weighted by molar-refractivity contribution is 0.139. The number of hydrogen-bond acceptors (Lipinski definition) is 6. The Morgan fingerprint density at radius 3 is 2.69 bits per heavy atom. The molecule has 0 unspecified atom stereocenters. The van der Waals surface area contributed by atoms with Crippen LogP contribution in [0, 0.1) is 0 Å². The topological polar surface area (TPSA) is 120 Å². The Labute approximate surface area is 186 Å². The Hall–Kier alpha value is -3.40. The number of rotatable bonds is 4. The van der Waals surface area contributed by atoms with Gasteiger partial charge in [-0.05, 0) is 44.0 Å². The van der Waals surface area contributed by atoms with Gasteiger partial charge in [0, 0.05) is 49.6 Å². The Balaban J connectivity index is 1.67. The van der Waals surface area contributed by atoms with E-state index in [2.05, 4.69) is 15.5 Å². The van der Waals surface area contributed by atoms with Gasteiger partial charge in [0.15, 0.2) is 5.82 Å². The molecule has 4 rings (SSSR count). The number of nitrogens with zero attached hydrogens (tertiary/aromatic N) is 4. The van der Waals surface area contributed by atoms with Gasteiger partial charge in [-0.2, -0.15) is 0 Å². The number of carbonyl (C=O) groups excluding carboxylic acids is 1. The van der Waals surface area contributed by atoms with E-state index in [1.807, 2.05) is 19.1 Å². The van der Waals surface area contributed by atoms with Crippen molar-refractivity contribution in [2.24, 2.45) is 0 Å². The lowest BCUT2D eigenvalue weighted by Crippen LogP contribution is -2.37. The van der Waals surface area contributed by atoms with Crippen LogP contribution in [0.2, 0.25) is 0 Å². The van der Waals surface area contributed by atoms with E-state index in [9.17, 15) is 14.7 Å². The number of fused-ring (bicyclic) bond motifs is 1. The molecule has 2 aliphatic heterocycles. The molecule has 0 atom stereocenters. The summed E-state index contributed by atoms with van der Waals surface area (Å²) < 4.78 is 5.61. The summed E-state index contributed by atoms with van der Waals surface area (Å²) in [4.78, 5) is 36.5. The van der Waals surface area contributed by atoms with Crippen molar-refractivity contribution in [3.05, 3.63) is 35.5 Å². The molecule has 3 heterocycles. The van der Waals surface area contributed by atoms with Gasteiger partial charge in [-0.15, -0.1) is 0 Å². The summed E-state index contributed by atoms with van der Waals surface area (Å²) >= 11 is 0. The van der Waals surface area contributed by atoms with Gasteiger partial charge in [0.05, 0.1) is 18.8 Å². The van der Waals surface area contributed by atoms with Crippen LogP contribution in [0.3, 0.4) is 0 Å². The van der Waals surface area contributed by atoms with Gasteiger partial charge in [-0.1, -0.05) is 0 Å². The monoisotopic (exact) mass is 440 g/mol. The molecule has 10 heteroatoms. The van der Waals surface area contributed by atoms with Crippen molar-refractivity contribution in [2.45, 2.75) is 26.3 Å².